The van der Waals surface area contributed by atoms with E-state index in [9.17, 15) is 0 Å². The number of thiazole rings is 1. The Balaban J connectivity index is 1.30. The number of rotatable bonds is 7. The molecule has 1 aliphatic carbocycles. The third-order valence-corrected chi connectivity index (χ3v) is 8.18. The number of nitrogens with zero attached hydrogens (tertiary/aromatic N) is 7. The quantitative estimate of drug-likeness (QED) is 0.412. The zero-order valence-electron chi connectivity index (χ0n) is 20.7. The van der Waals surface area contributed by atoms with Gasteiger partial charge in [0.1, 0.15) is 22.0 Å². The van der Waals surface area contributed by atoms with Crippen LogP contribution < -0.4 is 9.64 Å². The van der Waals surface area contributed by atoms with Crippen LogP contribution in [0.1, 0.15) is 45.1 Å². The lowest BCUT2D eigenvalue weighted by atomic mass is 9.97. The number of aromatic nitrogens is 6. The molecule has 1 aliphatic heterocycles. The summed E-state index contributed by atoms with van der Waals surface area (Å²) in [5, 5.41) is 14.5. The first-order valence-corrected chi connectivity index (χ1v) is 13.2. The van der Waals surface area contributed by atoms with Crippen molar-refractivity contribution in [2.45, 2.75) is 45.6 Å². The molecule has 0 bridgehead atoms. The number of pyridine rings is 1. The van der Waals surface area contributed by atoms with Gasteiger partial charge in [0.15, 0.2) is 11.4 Å². The fraction of sp³-hybridized carbons (Fsp3) is 0.520. The lowest BCUT2D eigenvalue weighted by molar-refractivity contribution is 0.221. The molecule has 9 nitrogen and oxygen atoms in total. The summed E-state index contributed by atoms with van der Waals surface area (Å²) in [7, 11) is 1.65. The second kappa shape index (κ2) is 8.91. The van der Waals surface area contributed by atoms with E-state index in [0.717, 1.165) is 53.1 Å². The molecular formula is C25H32N8OS. The van der Waals surface area contributed by atoms with Crippen LogP contribution in [0, 0.1) is 5.92 Å². The van der Waals surface area contributed by atoms with Crippen LogP contribution in [0.4, 0.5) is 5.00 Å². The molecule has 0 amide bonds. The van der Waals surface area contributed by atoms with Crippen molar-refractivity contribution < 1.29 is 4.74 Å². The van der Waals surface area contributed by atoms with Crippen molar-refractivity contribution in [3.63, 3.8) is 0 Å². The van der Waals surface area contributed by atoms with E-state index in [1.807, 2.05) is 18.5 Å². The maximum absolute atomic E-state index is 5.58. The van der Waals surface area contributed by atoms with Crippen LogP contribution in [-0.2, 0) is 0 Å². The molecule has 0 aromatic carbocycles. The Morgan fingerprint density at radius 3 is 2.83 bits per heavy atom. The molecule has 184 valence electrons. The first-order valence-electron chi connectivity index (χ1n) is 12.4. The summed E-state index contributed by atoms with van der Waals surface area (Å²) < 4.78 is 7.32. The summed E-state index contributed by atoms with van der Waals surface area (Å²) >= 11 is 1.74. The lowest BCUT2D eigenvalue weighted by Gasteiger charge is -2.40. The van der Waals surface area contributed by atoms with E-state index in [-0.39, 0.29) is 5.92 Å². The minimum Gasteiger partial charge on any atom is -0.493 e. The molecule has 5 heterocycles. The second-order valence-corrected chi connectivity index (χ2v) is 11.1. The summed E-state index contributed by atoms with van der Waals surface area (Å²) in [6, 6.07) is 2.47. The number of aromatic amines is 1. The molecule has 1 saturated carbocycles. The van der Waals surface area contributed by atoms with Crippen molar-refractivity contribution in [3.8, 4) is 27.7 Å². The minimum atomic E-state index is 0.258. The van der Waals surface area contributed by atoms with Crippen molar-refractivity contribution in [3.05, 3.63) is 30.4 Å². The molecule has 4 aromatic heterocycles. The van der Waals surface area contributed by atoms with Crippen LogP contribution in [0.5, 0.6) is 5.75 Å². The summed E-state index contributed by atoms with van der Waals surface area (Å²) in [6.45, 7) is 11.3. The highest BCUT2D eigenvalue weighted by molar-refractivity contribution is 7.18. The Morgan fingerprint density at radius 1 is 1.23 bits per heavy atom. The number of ether oxygens (including phenoxy) is 1. The van der Waals surface area contributed by atoms with Crippen molar-refractivity contribution in [2.24, 2.45) is 5.92 Å². The van der Waals surface area contributed by atoms with Gasteiger partial charge in [-0.25, -0.2) is 14.5 Å². The van der Waals surface area contributed by atoms with Gasteiger partial charge < -0.3 is 9.64 Å². The van der Waals surface area contributed by atoms with Crippen LogP contribution in [0.25, 0.3) is 27.6 Å². The minimum absolute atomic E-state index is 0.258. The van der Waals surface area contributed by atoms with Crippen LogP contribution in [0.2, 0.25) is 0 Å². The summed E-state index contributed by atoms with van der Waals surface area (Å²) in [4.78, 5) is 14.3. The lowest BCUT2D eigenvalue weighted by Crippen LogP contribution is -2.52. The van der Waals surface area contributed by atoms with E-state index in [1.165, 1.54) is 30.7 Å². The fourth-order valence-electron chi connectivity index (χ4n) is 5.18. The number of methoxy groups -OCH3 is 1. The molecule has 35 heavy (non-hydrogen) atoms. The first kappa shape index (κ1) is 22.5. The van der Waals surface area contributed by atoms with Gasteiger partial charge in [-0.2, -0.15) is 10.2 Å². The normalized spacial score (nSPS) is 19.2. The Bertz CT molecular complexity index is 1340. The molecule has 6 rings (SSSR count). The average molecular weight is 493 g/mol. The molecule has 2 fully saturated rings. The second-order valence-electron chi connectivity index (χ2n) is 10.1. The van der Waals surface area contributed by atoms with E-state index in [2.05, 4.69) is 45.8 Å². The van der Waals surface area contributed by atoms with E-state index in [4.69, 9.17) is 14.8 Å². The Kier molecular flexibility index (Phi) is 5.72. The van der Waals surface area contributed by atoms with Gasteiger partial charge in [-0.3, -0.25) is 10.00 Å². The molecule has 1 saturated heterocycles. The molecule has 0 unspecified atom stereocenters. The molecule has 1 N–H and O–H groups in total. The molecule has 10 heteroatoms. The topological polar surface area (TPSA) is 87.5 Å². The van der Waals surface area contributed by atoms with Crippen molar-refractivity contribution in [1.82, 2.24) is 34.7 Å². The highest BCUT2D eigenvalue weighted by Gasteiger charge is 2.30. The fourth-order valence-corrected chi connectivity index (χ4v) is 6.23. The molecular weight excluding hydrogens is 460 g/mol. The third kappa shape index (κ3) is 4.18. The van der Waals surface area contributed by atoms with Gasteiger partial charge in [0, 0.05) is 49.5 Å². The van der Waals surface area contributed by atoms with Crippen LogP contribution in [-0.4, -0.2) is 74.0 Å². The van der Waals surface area contributed by atoms with E-state index in [0.29, 0.717) is 17.4 Å². The van der Waals surface area contributed by atoms with Gasteiger partial charge in [-0.1, -0.05) is 25.2 Å². The standard InChI is InChI=1S/C25H32N8OS/c1-15(2)21-22(18-9-19(34-4)24-27-14-28-33(24)13-18)29-30-23(21)25-26-10-20(35-25)32-8-7-31(11-16(32)3)12-17-5-6-17/h9-10,13-17H,5-8,11-12H2,1-4H3,(H,29,30)/t16-/m0/s1. The molecule has 1 atom stereocenters. The van der Waals surface area contributed by atoms with Crippen LogP contribution in [0.3, 0.4) is 0 Å². The zero-order valence-corrected chi connectivity index (χ0v) is 21.5. The SMILES string of the molecule is COc1cc(-c2[nH]nc(-c3ncc(N4CCN(CC5CC5)C[C@@H]4C)s3)c2C(C)C)cn2ncnc12. The number of hydrogen-bond acceptors (Lipinski definition) is 8. The van der Waals surface area contributed by atoms with Crippen LogP contribution >= 0.6 is 11.3 Å². The van der Waals surface area contributed by atoms with Gasteiger partial charge in [0.2, 0.25) is 0 Å². The molecule has 0 radical (unpaired) electrons. The van der Waals surface area contributed by atoms with Gasteiger partial charge in [-0.15, -0.1) is 0 Å². The zero-order chi connectivity index (χ0) is 24.1. The maximum atomic E-state index is 5.58. The number of fused-ring (bicyclic) bond motifs is 1. The summed E-state index contributed by atoms with van der Waals surface area (Å²) in [5.41, 5.74) is 4.68. The number of nitrogens with one attached hydrogen (secondary N) is 1. The summed E-state index contributed by atoms with van der Waals surface area (Å²) in [5.74, 6) is 1.88. The monoisotopic (exact) mass is 492 g/mol. The third-order valence-electron chi connectivity index (χ3n) is 7.14. The molecule has 2 aliphatic rings. The highest BCUT2D eigenvalue weighted by atomic mass is 32.1. The van der Waals surface area contributed by atoms with Gasteiger partial charge in [0.25, 0.3) is 0 Å². The smallest absolute Gasteiger partial charge is 0.197 e. The van der Waals surface area contributed by atoms with E-state index in [1.54, 1.807) is 23.0 Å². The number of H-pyrrole nitrogens is 1. The average Bonchev–Trinajstić information content (AvgIpc) is 3.23. The van der Waals surface area contributed by atoms with Crippen LogP contribution in [0.15, 0.2) is 24.8 Å². The van der Waals surface area contributed by atoms with Gasteiger partial charge in [-0.05, 0) is 37.7 Å². The Morgan fingerprint density at radius 2 is 2.09 bits per heavy atom. The predicted molar refractivity (Wildman–Crippen MR) is 138 cm³/mol. The summed E-state index contributed by atoms with van der Waals surface area (Å²) in [6.07, 6.45) is 8.35. The van der Waals surface area contributed by atoms with Gasteiger partial charge >= 0.3 is 0 Å². The number of anilines is 1. The Hall–Kier alpha value is -2.98. The molecule has 0 spiro atoms. The largest absolute Gasteiger partial charge is 0.493 e. The van der Waals surface area contributed by atoms with E-state index < -0.39 is 0 Å². The predicted octanol–water partition coefficient (Wildman–Crippen LogP) is 4.30. The van der Waals surface area contributed by atoms with Crippen molar-refractivity contribution in [1.29, 1.82) is 0 Å². The Labute approximate surface area is 209 Å². The van der Waals surface area contributed by atoms with E-state index >= 15 is 0 Å². The van der Waals surface area contributed by atoms with Crippen molar-refractivity contribution >= 4 is 22.0 Å². The van der Waals surface area contributed by atoms with Crippen molar-refractivity contribution in [2.75, 3.05) is 38.2 Å². The first-order chi connectivity index (χ1) is 17.0. The molecule has 4 aromatic rings. The number of hydrogen-bond donors (Lipinski definition) is 1. The van der Waals surface area contributed by atoms with Gasteiger partial charge in [0.05, 0.1) is 19.0 Å². The maximum Gasteiger partial charge on any atom is 0.197 e. The highest BCUT2D eigenvalue weighted by Crippen LogP contribution is 2.40. The number of piperazine rings is 1.